The fraction of sp³-hybridized carbons (Fsp3) is 0. The highest BCUT2D eigenvalue weighted by atomic mass is 19.2. The van der Waals surface area contributed by atoms with Crippen LogP contribution < -0.4 is 11.1 Å². The van der Waals surface area contributed by atoms with Crippen molar-refractivity contribution in [3.63, 3.8) is 0 Å². The lowest BCUT2D eigenvalue weighted by Crippen LogP contribution is -2.16. The van der Waals surface area contributed by atoms with Crippen LogP contribution in [0.1, 0.15) is 15.9 Å². The van der Waals surface area contributed by atoms with E-state index < -0.39 is 28.9 Å². The number of hydrogen-bond acceptors (Lipinski definition) is 3. The van der Waals surface area contributed by atoms with Crippen LogP contribution in [0.4, 0.5) is 24.5 Å². The molecule has 0 unspecified atom stereocenters. The number of nitrogens with two attached hydrogens (primary N) is 1. The SMILES string of the molecule is N#Cc1cc(N)ccc1NC(=O)c1ccc(F)c(F)c1F. The number of nitrogen functional groups attached to an aromatic ring is 1. The molecule has 2 aromatic carbocycles. The normalized spacial score (nSPS) is 10.0. The largest absolute Gasteiger partial charge is 0.399 e. The molecule has 0 aromatic heterocycles. The van der Waals surface area contributed by atoms with E-state index in [1.807, 2.05) is 0 Å². The standard InChI is InChI=1S/C14H8F3N3O/c15-10-3-2-9(12(16)13(10)17)14(21)20-11-4-1-8(19)5-7(11)6-18/h1-5H,19H2,(H,20,21). The molecule has 7 heteroatoms. The zero-order chi connectivity index (χ0) is 15.6. The van der Waals surface area contributed by atoms with Gasteiger partial charge in [-0.1, -0.05) is 0 Å². The summed E-state index contributed by atoms with van der Waals surface area (Å²) < 4.78 is 39.4. The van der Waals surface area contributed by atoms with E-state index in [4.69, 9.17) is 11.0 Å². The van der Waals surface area contributed by atoms with Crippen LogP contribution in [0.2, 0.25) is 0 Å². The number of carbonyl (C=O) groups is 1. The highest BCUT2D eigenvalue weighted by Gasteiger charge is 2.19. The number of rotatable bonds is 2. The van der Waals surface area contributed by atoms with Gasteiger partial charge in [-0.3, -0.25) is 4.79 Å². The molecule has 0 fully saturated rings. The van der Waals surface area contributed by atoms with Gasteiger partial charge in [-0.15, -0.1) is 0 Å². The summed E-state index contributed by atoms with van der Waals surface area (Å²) in [5.41, 5.74) is 5.27. The molecule has 0 atom stereocenters. The van der Waals surface area contributed by atoms with Crippen molar-refractivity contribution in [3.8, 4) is 6.07 Å². The summed E-state index contributed by atoms with van der Waals surface area (Å²) in [4.78, 5) is 11.9. The van der Waals surface area contributed by atoms with Gasteiger partial charge in [0.1, 0.15) is 6.07 Å². The number of nitrogens with one attached hydrogen (secondary N) is 1. The average Bonchev–Trinajstić information content (AvgIpc) is 2.46. The van der Waals surface area contributed by atoms with Crippen molar-refractivity contribution in [1.82, 2.24) is 0 Å². The van der Waals surface area contributed by atoms with Crippen molar-refractivity contribution >= 4 is 17.3 Å². The maximum Gasteiger partial charge on any atom is 0.258 e. The smallest absolute Gasteiger partial charge is 0.258 e. The monoisotopic (exact) mass is 291 g/mol. The molecule has 21 heavy (non-hydrogen) atoms. The van der Waals surface area contributed by atoms with Crippen LogP contribution in [-0.2, 0) is 0 Å². The summed E-state index contributed by atoms with van der Waals surface area (Å²) in [7, 11) is 0. The third kappa shape index (κ3) is 2.79. The molecule has 0 bridgehead atoms. The molecule has 0 aliphatic rings. The number of carbonyl (C=O) groups excluding carboxylic acids is 1. The van der Waals surface area contributed by atoms with Crippen LogP contribution in [0.5, 0.6) is 0 Å². The molecule has 0 heterocycles. The second-order valence-electron chi connectivity index (χ2n) is 4.09. The minimum absolute atomic E-state index is 0.0614. The van der Waals surface area contributed by atoms with Gasteiger partial charge in [-0.25, -0.2) is 13.2 Å². The van der Waals surface area contributed by atoms with E-state index in [-0.39, 0.29) is 11.3 Å². The number of hydrogen-bond donors (Lipinski definition) is 2. The molecule has 0 saturated carbocycles. The Bertz CT molecular complexity index is 769. The lowest BCUT2D eigenvalue weighted by atomic mass is 10.1. The summed E-state index contributed by atoms with van der Waals surface area (Å²) >= 11 is 0. The first-order chi connectivity index (χ1) is 9.93. The van der Waals surface area contributed by atoms with Crippen LogP contribution in [-0.4, -0.2) is 5.91 Å². The van der Waals surface area contributed by atoms with Gasteiger partial charge in [0.2, 0.25) is 0 Å². The Morgan fingerprint density at radius 3 is 2.52 bits per heavy atom. The van der Waals surface area contributed by atoms with Gasteiger partial charge in [0.05, 0.1) is 16.8 Å². The van der Waals surface area contributed by atoms with Crippen molar-refractivity contribution in [2.24, 2.45) is 0 Å². The second kappa shape index (κ2) is 5.54. The van der Waals surface area contributed by atoms with E-state index in [0.717, 1.165) is 6.07 Å². The summed E-state index contributed by atoms with van der Waals surface area (Å²) in [6.07, 6.45) is 0. The second-order valence-corrected chi connectivity index (χ2v) is 4.09. The van der Waals surface area contributed by atoms with Gasteiger partial charge in [-0.05, 0) is 30.3 Å². The van der Waals surface area contributed by atoms with E-state index in [0.29, 0.717) is 11.8 Å². The number of nitrogens with zero attached hydrogens (tertiary/aromatic N) is 1. The number of benzene rings is 2. The number of nitriles is 1. The van der Waals surface area contributed by atoms with Gasteiger partial charge in [0.25, 0.3) is 5.91 Å². The molecule has 0 aliphatic heterocycles. The van der Waals surface area contributed by atoms with Crippen molar-refractivity contribution in [1.29, 1.82) is 5.26 Å². The Kier molecular flexibility index (Phi) is 3.80. The fourth-order valence-electron chi connectivity index (χ4n) is 1.65. The van der Waals surface area contributed by atoms with Crippen LogP contribution >= 0.6 is 0 Å². The number of amides is 1. The predicted molar refractivity (Wildman–Crippen MR) is 69.8 cm³/mol. The third-order valence-electron chi connectivity index (χ3n) is 2.69. The van der Waals surface area contributed by atoms with Crippen molar-refractivity contribution < 1.29 is 18.0 Å². The molecule has 0 radical (unpaired) electrons. The number of anilines is 2. The Morgan fingerprint density at radius 2 is 1.86 bits per heavy atom. The maximum absolute atomic E-state index is 13.5. The summed E-state index contributed by atoms with van der Waals surface area (Å²) in [6.45, 7) is 0. The lowest BCUT2D eigenvalue weighted by molar-refractivity contribution is 0.102. The Hall–Kier alpha value is -3.01. The summed E-state index contributed by atoms with van der Waals surface area (Å²) in [6, 6.07) is 7.35. The molecular formula is C14H8F3N3O. The predicted octanol–water partition coefficient (Wildman–Crippen LogP) is 2.81. The zero-order valence-corrected chi connectivity index (χ0v) is 10.5. The summed E-state index contributed by atoms with van der Waals surface area (Å²) in [5.74, 6) is -5.73. The van der Waals surface area contributed by atoms with Crippen LogP contribution in [0.25, 0.3) is 0 Å². The van der Waals surface area contributed by atoms with Crippen molar-refractivity contribution in [3.05, 3.63) is 58.9 Å². The van der Waals surface area contributed by atoms with Crippen molar-refractivity contribution in [2.75, 3.05) is 11.1 Å². The van der Waals surface area contributed by atoms with Crippen LogP contribution in [0, 0.1) is 28.8 Å². The first kappa shape index (κ1) is 14.4. The molecule has 0 aliphatic carbocycles. The van der Waals surface area contributed by atoms with Crippen LogP contribution in [0.3, 0.4) is 0 Å². The van der Waals surface area contributed by atoms with Gasteiger partial charge >= 0.3 is 0 Å². The highest BCUT2D eigenvalue weighted by molar-refractivity contribution is 6.05. The minimum atomic E-state index is -1.74. The molecule has 0 saturated heterocycles. The molecule has 2 rings (SSSR count). The Morgan fingerprint density at radius 1 is 1.14 bits per heavy atom. The quantitative estimate of drug-likeness (QED) is 0.659. The molecular weight excluding hydrogens is 283 g/mol. The minimum Gasteiger partial charge on any atom is -0.399 e. The molecule has 4 nitrogen and oxygen atoms in total. The van der Waals surface area contributed by atoms with E-state index >= 15 is 0 Å². The molecule has 3 N–H and O–H groups in total. The molecule has 0 spiro atoms. The molecule has 1 amide bonds. The van der Waals surface area contributed by atoms with Gasteiger partial charge in [0, 0.05) is 5.69 Å². The van der Waals surface area contributed by atoms with Gasteiger partial charge < -0.3 is 11.1 Å². The maximum atomic E-state index is 13.5. The average molecular weight is 291 g/mol. The lowest BCUT2D eigenvalue weighted by Gasteiger charge is -2.09. The van der Waals surface area contributed by atoms with E-state index in [1.165, 1.54) is 18.2 Å². The fourth-order valence-corrected chi connectivity index (χ4v) is 1.65. The zero-order valence-electron chi connectivity index (χ0n) is 10.5. The summed E-state index contributed by atoms with van der Waals surface area (Å²) in [5, 5.41) is 11.2. The third-order valence-corrected chi connectivity index (χ3v) is 2.69. The Labute approximate surface area is 117 Å². The highest BCUT2D eigenvalue weighted by Crippen LogP contribution is 2.21. The van der Waals surface area contributed by atoms with Gasteiger partial charge in [-0.2, -0.15) is 5.26 Å². The topological polar surface area (TPSA) is 78.9 Å². The molecule has 106 valence electrons. The van der Waals surface area contributed by atoms with Gasteiger partial charge in [0.15, 0.2) is 17.5 Å². The van der Waals surface area contributed by atoms with Crippen LogP contribution in [0.15, 0.2) is 30.3 Å². The first-order valence-electron chi connectivity index (χ1n) is 5.68. The van der Waals surface area contributed by atoms with E-state index in [2.05, 4.69) is 5.32 Å². The Balaban J connectivity index is 2.36. The van der Waals surface area contributed by atoms with E-state index in [1.54, 1.807) is 6.07 Å². The van der Waals surface area contributed by atoms with Crippen molar-refractivity contribution in [2.45, 2.75) is 0 Å². The van der Waals surface area contributed by atoms with E-state index in [9.17, 15) is 18.0 Å². The number of halogens is 3. The molecule has 2 aromatic rings. The first-order valence-corrected chi connectivity index (χ1v) is 5.68.